The third-order valence-electron chi connectivity index (χ3n) is 4.87. The fraction of sp³-hybridized carbons (Fsp3) is 0.706. The van der Waals surface area contributed by atoms with Gasteiger partial charge in [-0.15, -0.1) is 11.3 Å². The van der Waals surface area contributed by atoms with Gasteiger partial charge in [-0.25, -0.2) is 0 Å². The summed E-state index contributed by atoms with van der Waals surface area (Å²) < 4.78 is 5.65. The van der Waals surface area contributed by atoms with Crippen LogP contribution in [0, 0.1) is 5.92 Å². The number of fused-ring (bicyclic) bond motifs is 1. The summed E-state index contributed by atoms with van der Waals surface area (Å²) in [6, 6.07) is 2.22. The molecule has 1 amide bonds. The second kappa shape index (κ2) is 6.49. The van der Waals surface area contributed by atoms with E-state index in [0.29, 0.717) is 0 Å². The molecule has 21 heavy (non-hydrogen) atoms. The van der Waals surface area contributed by atoms with Gasteiger partial charge < -0.3 is 10.1 Å². The summed E-state index contributed by atoms with van der Waals surface area (Å²) in [5.74, 6) is 0.874. The number of hydrogen-bond acceptors (Lipinski definition) is 3. The van der Waals surface area contributed by atoms with Gasteiger partial charge >= 0.3 is 0 Å². The Morgan fingerprint density at radius 2 is 2.38 bits per heavy atom. The fourth-order valence-electron chi connectivity index (χ4n) is 3.43. The van der Waals surface area contributed by atoms with Gasteiger partial charge in [0, 0.05) is 11.5 Å². The molecule has 4 heteroatoms. The molecule has 0 aromatic carbocycles. The van der Waals surface area contributed by atoms with E-state index >= 15 is 0 Å². The van der Waals surface area contributed by atoms with E-state index in [4.69, 9.17) is 4.74 Å². The number of thiophene rings is 1. The molecule has 0 saturated carbocycles. The Bertz CT molecular complexity index is 505. The van der Waals surface area contributed by atoms with Gasteiger partial charge in [0.15, 0.2) is 0 Å². The second-order valence-electron chi connectivity index (χ2n) is 6.39. The largest absolute Gasteiger partial charge is 0.376 e. The fourth-order valence-corrected chi connectivity index (χ4v) is 4.54. The van der Waals surface area contributed by atoms with Crippen LogP contribution in [0.4, 0.5) is 0 Å². The number of nitrogens with one attached hydrogen (secondary N) is 1. The summed E-state index contributed by atoms with van der Waals surface area (Å²) in [6.07, 6.45) is 7.17. The van der Waals surface area contributed by atoms with Gasteiger partial charge in [0.25, 0.3) is 5.91 Å². The zero-order chi connectivity index (χ0) is 14.8. The smallest absolute Gasteiger partial charge is 0.261 e. The van der Waals surface area contributed by atoms with E-state index in [1.165, 1.54) is 23.3 Å². The number of hydrogen-bond donors (Lipinski definition) is 1. The Labute approximate surface area is 131 Å². The normalized spacial score (nSPS) is 26.4. The van der Waals surface area contributed by atoms with Crippen LogP contribution in [0.25, 0.3) is 0 Å². The van der Waals surface area contributed by atoms with Crippen LogP contribution in [0.3, 0.4) is 0 Å². The standard InChI is InChI=1S/C17H25NO2S/c1-3-12-6-7-15-13(9-12)10-16(21-15)17(19)18-11(2)14-5-4-8-20-14/h10-12,14H,3-9H2,1-2H3,(H,18,19). The SMILES string of the molecule is CCC1CCc2sc(C(=O)NC(C)C3CCCO3)cc2C1. The molecule has 3 nitrogen and oxygen atoms in total. The topological polar surface area (TPSA) is 38.3 Å². The number of ether oxygens (including phenoxy) is 1. The Kier molecular flexibility index (Phi) is 4.65. The molecule has 1 aliphatic heterocycles. The molecule has 3 rings (SSSR count). The predicted octanol–water partition coefficient (Wildman–Crippen LogP) is 3.56. The van der Waals surface area contributed by atoms with Crippen molar-refractivity contribution in [2.24, 2.45) is 5.92 Å². The molecule has 0 radical (unpaired) electrons. The van der Waals surface area contributed by atoms with Crippen molar-refractivity contribution in [1.82, 2.24) is 5.32 Å². The van der Waals surface area contributed by atoms with Crippen molar-refractivity contribution in [3.8, 4) is 0 Å². The van der Waals surface area contributed by atoms with Crippen molar-refractivity contribution < 1.29 is 9.53 Å². The van der Waals surface area contributed by atoms with E-state index in [1.807, 2.05) is 0 Å². The lowest BCUT2D eigenvalue weighted by Gasteiger charge is -2.19. The van der Waals surface area contributed by atoms with Gasteiger partial charge in [0.05, 0.1) is 17.0 Å². The molecule has 3 atom stereocenters. The first-order valence-corrected chi connectivity index (χ1v) is 9.03. The van der Waals surface area contributed by atoms with Crippen molar-refractivity contribution in [1.29, 1.82) is 0 Å². The Balaban J connectivity index is 1.64. The highest BCUT2D eigenvalue weighted by molar-refractivity contribution is 7.14. The van der Waals surface area contributed by atoms with Crippen LogP contribution in [-0.2, 0) is 17.6 Å². The first-order chi connectivity index (χ1) is 10.2. The van der Waals surface area contributed by atoms with Gasteiger partial charge in [-0.05, 0) is 56.6 Å². The number of amides is 1. The van der Waals surface area contributed by atoms with Crippen molar-refractivity contribution in [3.05, 3.63) is 21.4 Å². The summed E-state index contributed by atoms with van der Waals surface area (Å²) in [6.45, 7) is 5.14. The molecule has 1 N–H and O–H groups in total. The molecule has 1 aromatic rings. The van der Waals surface area contributed by atoms with Crippen LogP contribution in [0.5, 0.6) is 0 Å². The third-order valence-corrected chi connectivity index (χ3v) is 6.10. The molecule has 1 saturated heterocycles. The molecule has 0 spiro atoms. The van der Waals surface area contributed by atoms with Crippen LogP contribution in [0.1, 0.15) is 59.6 Å². The van der Waals surface area contributed by atoms with Crippen molar-refractivity contribution in [3.63, 3.8) is 0 Å². The Morgan fingerprint density at radius 3 is 3.10 bits per heavy atom. The molecule has 2 heterocycles. The van der Waals surface area contributed by atoms with E-state index in [-0.39, 0.29) is 18.1 Å². The van der Waals surface area contributed by atoms with E-state index in [0.717, 1.165) is 43.1 Å². The molecule has 3 unspecified atom stereocenters. The lowest BCUT2D eigenvalue weighted by atomic mass is 9.87. The molecule has 1 aliphatic carbocycles. The number of rotatable bonds is 4. The van der Waals surface area contributed by atoms with Crippen molar-refractivity contribution in [2.45, 2.75) is 64.5 Å². The molecule has 0 bridgehead atoms. The highest BCUT2D eigenvalue weighted by Crippen LogP contribution is 2.33. The first kappa shape index (κ1) is 15.0. The van der Waals surface area contributed by atoms with E-state index in [1.54, 1.807) is 11.3 Å². The molecular formula is C17H25NO2S. The average molecular weight is 307 g/mol. The summed E-state index contributed by atoms with van der Waals surface area (Å²) in [5, 5.41) is 3.12. The maximum atomic E-state index is 12.4. The number of carbonyl (C=O) groups excluding carboxylic acids is 1. The van der Waals surface area contributed by atoms with E-state index < -0.39 is 0 Å². The van der Waals surface area contributed by atoms with Crippen LogP contribution >= 0.6 is 11.3 Å². The maximum Gasteiger partial charge on any atom is 0.261 e. The van der Waals surface area contributed by atoms with Crippen molar-refractivity contribution in [2.75, 3.05) is 6.61 Å². The van der Waals surface area contributed by atoms with Gasteiger partial charge in [0.1, 0.15) is 0 Å². The first-order valence-electron chi connectivity index (χ1n) is 8.21. The molecular weight excluding hydrogens is 282 g/mol. The minimum Gasteiger partial charge on any atom is -0.376 e. The molecule has 116 valence electrons. The number of carbonyl (C=O) groups is 1. The lowest BCUT2D eigenvalue weighted by Crippen LogP contribution is -2.40. The Morgan fingerprint density at radius 1 is 1.52 bits per heavy atom. The molecule has 1 aromatic heterocycles. The zero-order valence-corrected chi connectivity index (χ0v) is 13.8. The van der Waals surface area contributed by atoms with Gasteiger partial charge in [-0.3, -0.25) is 4.79 Å². The van der Waals surface area contributed by atoms with E-state index in [9.17, 15) is 4.79 Å². The van der Waals surface area contributed by atoms with Crippen LogP contribution in [0.2, 0.25) is 0 Å². The van der Waals surface area contributed by atoms with Crippen LogP contribution < -0.4 is 5.32 Å². The monoisotopic (exact) mass is 307 g/mol. The summed E-state index contributed by atoms with van der Waals surface area (Å²) in [4.78, 5) is 14.7. The minimum absolute atomic E-state index is 0.0745. The lowest BCUT2D eigenvalue weighted by molar-refractivity contribution is 0.0714. The highest BCUT2D eigenvalue weighted by atomic mass is 32.1. The zero-order valence-electron chi connectivity index (χ0n) is 13.0. The summed E-state index contributed by atoms with van der Waals surface area (Å²) in [7, 11) is 0. The van der Waals surface area contributed by atoms with E-state index in [2.05, 4.69) is 25.2 Å². The van der Waals surface area contributed by atoms with Crippen LogP contribution in [0.15, 0.2) is 6.07 Å². The average Bonchev–Trinajstić information content (AvgIpc) is 3.15. The maximum absolute atomic E-state index is 12.4. The predicted molar refractivity (Wildman–Crippen MR) is 86.0 cm³/mol. The minimum atomic E-state index is 0.0745. The highest BCUT2D eigenvalue weighted by Gasteiger charge is 2.26. The Hall–Kier alpha value is -0.870. The summed E-state index contributed by atoms with van der Waals surface area (Å²) in [5.41, 5.74) is 1.41. The van der Waals surface area contributed by atoms with Gasteiger partial charge in [-0.2, -0.15) is 0 Å². The number of aryl methyl sites for hydroxylation is 1. The molecule has 1 fully saturated rings. The quantitative estimate of drug-likeness (QED) is 0.923. The molecule has 2 aliphatic rings. The summed E-state index contributed by atoms with van der Waals surface area (Å²) >= 11 is 1.69. The van der Waals surface area contributed by atoms with Crippen molar-refractivity contribution >= 4 is 17.2 Å². The second-order valence-corrected chi connectivity index (χ2v) is 7.53. The van der Waals surface area contributed by atoms with Gasteiger partial charge in [-0.1, -0.05) is 13.3 Å². The van der Waals surface area contributed by atoms with Gasteiger partial charge in [0.2, 0.25) is 0 Å². The van der Waals surface area contributed by atoms with Crippen LogP contribution in [-0.4, -0.2) is 24.7 Å². The third kappa shape index (κ3) is 3.32.